The summed E-state index contributed by atoms with van der Waals surface area (Å²) in [6.45, 7) is 5.15. The van der Waals surface area contributed by atoms with Crippen molar-refractivity contribution >= 4 is 17.6 Å². The number of piperazine rings is 1. The minimum Gasteiger partial charge on any atom is -0.379 e. The lowest BCUT2D eigenvalue weighted by Gasteiger charge is -2.33. The summed E-state index contributed by atoms with van der Waals surface area (Å²) in [4.78, 5) is 27.2. The van der Waals surface area contributed by atoms with Crippen molar-refractivity contribution in [3.63, 3.8) is 0 Å². The van der Waals surface area contributed by atoms with E-state index >= 15 is 0 Å². The zero-order valence-corrected chi connectivity index (χ0v) is 11.3. The number of carbonyl (C=O) groups excluding carboxylic acids is 2. The lowest BCUT2D eigenvalue weighted by atomic mass is 10.2. The van der Waals surface area contributed by atoms with Crippen LogP contribution in [0, 0.1) is 0 Å². The molecular weight excluding hydrogens is 264 g/mol. The van der Waals surface area contributed by atoms with E-state index in [1.165, 1.54) is 0 Å². The molecule has 9 nitrogen and oxygen atoms in total. The molecule has 1 aromatic heterocycles. The van der Waals surface area contributed by atoms with Crippen LogP contribution in [0.2, 0.25) is 0 Å². The summed E-state index contributed by atoms with van der Waals surface area (Å²) in [6.07, 6.45) is 0. The number of hydrogen-bond donors (Lipinski definition) is 2. The maximum Gasteiger partial charge on any atom is 0.280 e. The second-order valence-corrected chi connectivity index (χ2v) is 4.52. The number of amides is 2. The van der Waals surface area contributed by atoms with E-state index in [1.807, 2.05) is 11.8 Å². The van der Waals surface area contributed by atoms with E-state index in [-0.39, 0.29) is 23.3 Å². The summed E-state index contributed by atoms with van der Waals surface area (Å²) in [5.41, 5.74) is 5.54. The first-order chi connectivity index (χ1) is 9.61. The highest BCUT2D eigenvalue weighted by Gasteiger charge is 2.26. The number of carbonyl (C=O) groups is 2. The molecule has 0 aliphatic carbocycles. The van der Waals surface area contributed by atoms with Crippen LogP contribution in [0.15, 0.2) is 4.63 Å². The third kappa shape index (κ3) is 3.23. The average molecular weight is 282 g/mol. The Morgan fingerprint density at radius 3 is 2.55 bits per heavy atom. The van der Waals surface area contributed by atoms with E-state index in [0.717, 1.165) is 0 Å². The Morgan fingerprint density at radius 1 is 1.30 bits per heavy atom. The van der Waals surface area contributed by atoms with Crippen LogP contribution in [-0.4, -0.2) is 71.2 Å². The molecule has 2 amide bonds. The molecule has 0 spiro atoms. The molecule has 1 fully saturated rings. The first-order valence-electron chi connectivity index (χ1n) is 6.48. The van der Waals surface area contributed by atoms with Crippen LogP contribution in [0.4, 0.5) is 5.82 Å². The van der Waals surface area contributed by atoms with Crippen molar-refractivity contribution < 1.29 is 14.2 Å². The molecule has 3 N–H and O–H groups in total. The zero-order valence-electron chi connectivity index (χ0n) is 11.3. The van der Waals surface area contributed by atoms with Gasteiger partial charge in [-0.1, -0.05) is 0 Å². The standard InChI is InChI=1S/C11H18N6O3/c1-2-13-8(18)7-16-3-5-17(6-4-16)11(19)9-10(12)15-20-14-9/h2-7H2,1H3,(H2,12,15)(H,13,18). The number of likely N-dealkylation sites (N-methyl/N-ethyl adjacent to an activating group) is 1. The van der Waals surface area contributed by atoms with Crippen LogP contribution < -0.4 is 11.1 Å². The minimum absolute atomic E-state index is 0.000229. The van der Waals surface area contributed by atoms with Crippen molar-refractivity contribution in [2.24, 2.45) is 0 Å². The Hall–Kier alpha value is -2.16. The molecule has 1 aromatic rings. The van der Waals surface area contributed by atoms with Gasteiger partial charge in [0.1, 0.15) is 0 Å². The van der Waals surface area contributed by atoms with Gasteiger partial charge in [0.25, 0.3) is 5.91 Å². The molecule has 0 saturated carbocycles. The number of nitrogen functional groups attached to an aromatic ring is 1. The summed E-state index contributed by atoms with van der Waals surface area (Å²) in [7, 11) is 0. The number of nitrogens with zero attached hydrogens (tertiary/aromatic N) is 4. The Bertz CT molecular complexity index is 480. The smallest absolute Gasteiger partial charge is 0.280 e. The Balaban J connectivity index is 1.84. The van der Waals surface area contributed by atoms with Crippen molar-refractivity contribution in [1.82, 2.24) is 25.4 Å². The highest BCUT2D eigenvalue weighted by Crippen LogP contribution is 2.11. The van der Waals surface area contributed by atoms with E-state index in [4.69, 9.17) is 5.73 Å². The van der Waals surface area contributed by atoms with E-state index in [0.29, 0.717) is 39.3 Å². The van der Waals surface area contributed by atoms with Gasteiger partial charge in [0, 0.05) is 32.7 Å². The molecule has 0 bridgehead atoms. The van der Waals surface area contributed by atoms with E-state index < -0.39 is 0 Å². The maximum absolute atomic E-state index is 12.1. The van der Waals surface area contributed by atoms with Gasteiger partial charge in [-0.15, -0.1) is 0 Å². The van der Waals surface area contributed by atoms with Gasteiger partial charge in [0.15, 0.2) is 0 Å². The van der Waals surface area contributed by atoms with Gasteiger partial charge in [-0.2, -0.15) is 0 Å². The van der Waals surface area contributed by atoms with Gasteiger partial charge in [0.2, 0.25) is 17.4 Å². The normalized spacial score (nSPS) is 16.1. The monoisotopic (exact) mass is 282 g/mol. The molecule has 0 atom stereocenters. The third-order valence-corrected chi connectivity index (χ3v) is 3.12. The van der Waals surface area contributed by atoms with Crippen LogP contribution in [0.1, 0.15) is 17.4 Å². The molecule has 0 aromatic carbocycles. The van der Waals surface area contributed by atoms with Crippen molar-refractivity contribution in [2.45, 2.75) is 6.92 Å². The fourth-order valence-electron chi connectivity index (χ4n) is 2.06. The topological polar surface area (TPSA) is 118 Å². The SMILES string of the molecule is CCNC(=O)CN1CCN(C(=O)c2nonc2N)CC1. The van der Waals surface area contributed by atoms with Gasteiger partial charge in [-0.25, -0.2) is 4.63 Å². The van der Waals surface area contributed by atoms with Crippen LogP contribution in [0.5, 0.6) is 0 Å². The first kappa shape index (κ1) is 14.3. The second kappa shape index (κ2) is 6.33. The molecule has 9 heteroatoms. The van der Waals surface area contributed by atoms with Gasteiger partial charge in [-0.05, 0) is 17.2 Å². The number of aromatic nitrogens is 2. The second-order valence-electron chi connectivity index (χ2n) is 4.52. The molecule has 1 aliphatic heterocycles. The first-order valence-corrected chi connectivity index (χ1v) is 6.48. The third-order valence-electron chi connectivity index (χ3n) is 3.12. The Kier molecular flexibility index (Phi) is 4.51. The van der Waals surface area contributed by atoms with Gasteiger partial charge in [0.05, 0.1) is 6.54 Å². The van der Waals surface area contributed by atoms with Crippen molar-refractivity contribution in [3.8, 4) is 0 Å². The van der Waals surface area contributed by atoms with Gasteiger partial charge >= 0.3 is 0 Å². The summed E-state index contributed by atoms with van der Waals surface area (Å²) >= 11 is 0. The highest BCUT2D eigenvalue weighted by atomic mass is 16.6. The van der Waals surface area contributed by atoms with Crippen molar-refractivity contribution in [1.29, 1.82) is 0 Å². The lowest BCUT2D eigenvalue weighted by Crippen LogP contribution is -2.51. The number of anilines is 1. The fourth-order valence-corrected chi connectivity index (χ4v) is 2.06. The van der Waals surface area contributed by atoms with Gasteiger partial charge < -0.3 is 16.0 Å². The number of rotatable bonds is 4. The molecular formula is C11H18N6O3. The number of hydrogen-bond acceptors (Lipinski definition) is 7. The number of nitrogens with two attached hydrogens (primary N) is 1. The quantitative estimate of drug-likeness (QED) is 0.693. The van der Waals surface area contributed by atoms with Crippen LogP contribution >= 0.6 is 0 Å². The Labute approximate surface area is 116 Å². The fraction of sp³-hybridized carbons (Fsp3) is 0.636. The summed E-state index contributed by atoms with van der Waals surface area (Å²) in [5.74, 6) is -0.293. The molecule has 1 saturated heterocycles. The summed E-state index contributed by atoms with van der Waals surface area (Å²) in [5, 5.41) is 9.64. The van der Waals surface area contributed by atoms with E-state index in [1.54, 1.807) is 4.90 Å². The molecule has 2 rings (SSSR count). The van der Waals surface area contributed by atoms with Crippen molar-refractivity contribution in [2.75, 3.05) is 45.0 Å². The molecule has 20 heavy (non-hydrogen) atoms. The highest BCUT2D eigenvalue weighted by molar-refractivity contribution is 5.96. The average Bonchev–Trinajstić information content (AvgIpc) is 2.85. The minimum atomic E-state index is -0.290. The zero-order chi connectivity index (χ0) is 14.5. The van der Waals surface area contributed by atoms with Gasteiger partial charge in [-0.3, -0.25) is 14.5 Å². The molecule has 0 radical (unpaired) electrons. The lowest BCUT2D eigenvalue weighted by molar-refractivity contribution is -0.122. The Morgan fingerprint density at radius 2 is 2.00 bits per heavy atom. The molecule has 2 heterocycles. The van der Waals surface area contributed by atoms with Crippen LogP contribution in [0.25, 0.3) is 0 Å². The predicted octanol–water partition coefficient (Wildman–Crippen LogP) is -1.45. The molecule has 110 valence electrons. The maximum atomic E-state index is 12.1. The van der Waals surface area contributed by atoms with E-state index in [2.05, 4.69) is 20.3 Å². The molecule has 1 aliphatic rings. The predicted molar refractivity (Wildman–Crippen MR) is 69.7 cm³/mol. The van der Waals surface area contributed by atoms with E-state index in [9.17, 15) is 9.59 Å². The van der Waals surface area contributed by atoms with Crippen molar-refractivity contribution in [3.05, 3.63) is 5.69 Å². The number of nitrogens with one attached hydrogen (secondary N) is 1. The summed E-state index contributed by atoms with van der Waals surface area (Å²) < 4.78 is 4.42. The van der Waals surface area contributed by atoms with Crippen LogP contribution in [-0.2, 0) is 4.79 Å². The summed E-state index contributed by atoms with van der Waals surface area (Å²) in [6, 6.07) is 0. The van der Waals surface area contributed by atoms with Crippen LogP contribution in [0.3, 0.4) is 0 Å². The largest absolute Gasteiger partial charge is 0.379 e. The molecule has 0 unspecified atom stereocenters.